The van der Waals surface area contributed by atoms with Gasteiger partial charge in [-0.3, -0.25) is 14.7 Å². The number of nitrogens with zero attached hydrogens (tertiary/aromatic N) is 4. The van der Waals surface area contributed by atoms with Crippen LogP contribution >= 0.6 is 0 Å². The molecule has 39 heavy (non-hydrogen) atoms. The normalized spacial score (nSPS) is 22.1. The lowest BCUT2D eigenvalue weighted by molar-refractivity contribution is -0.127. The first-order valence-corrected chi connectivity index (χ1v) is 13.3. The summed E-state index contributed by atoms with van der Waals surface area (Å²) in [5.41, 5.74) is -0.167. The van der Waals surface area contributed by atoms with Gasteiger partial charge in [0.2, 0.25) is 11.8 Å². The molecule has 5 rings (SSSR count). The van der Waals surface area contributed by atoms with Crippen LogP contribution < -0.4 is 10.1 Å². The molecule has 1 unspecified atom stereocenters. The summed E-state index contributed by atoms with van der Waals surface area (Å²) in [7, 11) is 1.44. The van der Waals surface area contributed by atoms with Gasteiger partial charge in [-0.15, -0.1) is 0 Å². The fraction of sp³-hybridized carbons (Fsp3) is 0.593. The Labute approximate surface area is 226 Å². The standard InChI is InChI=1S/C27H35FN6O5/c1-26(2,3)39-25(37)33-9-6-17(15-33)30-23(35)16-5-10-34(27(13-16)7-8-27)24(36)21-12-20(31-32-21)18-11-22(38-4)29-14-19(18)28/h11-12,14,16-17H,5-10,13,15H2,1-4H3,(H,30,35)(H,31,32)/t16-,17?/m0/s1. The number of methoxy groups -OCH3 is 1. The number of hydrogen-bond donors (Lipinski definition) is 2. The van der Waals surface area contributed by atoms with Gasteiger partial charge in [-0.25, -0.2) is 14.2 Å². The van der Waals surface area contributed by atoms with Crippen LogP contribution in [0, 0.1) is 11.7 Å². The highest BCUT2D eigenvalue weighted by molar-refractivity contribution is 5.94. The number of rotatable bonds is 5. The lowest BCUT2D eigenvalue weighted by Crippen LogP contribution is -2.52. The number of carbonyl (C=O) groups is 3. The summed E-state index contributed by atoms with van der Waals surface area (Å²) < 4.78 is 24.9. The van der Waals surface area contributed by atoms with E-state index in [2.05, 4.69) is 20.5 Å². The zero-order valence-corrected chi connectivity index (χ0v) is 22.8. The molecule has 3 fully saturated rings. The Hall–Kier alpha value is -3.70. The first kappa shape index (κ1) is 26.9. The van der Waals surface area contributed by atoms with Crippen LogP contribution in [0.3, 0.4) is 0 Å². The molecule has 3 amide bonds. The van der Waals surface area contributed by atoms with Gasteiger partial charge in [0.15, 0.2) is 11.5 Å². The highest BCUT2D eigenvalue weighted by Crippen LogP contribution is 2.50. The first-order valence-electron chi connectivity index (χ1n) is 13.3. The number of piperidine rings is 1. The molecule has 0 bridgehead atoms. The van der Waals surface area contributed by atoms with Crippen LogP contribution in [0.1, 0.15) is 63.4 Å². The molecular formula is C27H35FN6O5. The Morgan fingerprint density at radius 3 is 2.64 bits per heavy atom. The highest BCUT2D eigenvalue weighted by atomic mass is 19.1. The molecule has 12 heteroatoms. The molecular weight excluding hydrogens is 507 g/mol. The Morgan fingerprint density at radius 1 is 1.18 bits per heavy atom. The maximum atomic E-state index is 14.4. The number of nitrogens with one attached hydrogen (secondary N) is 2. The number of pyridine rings is 1. The maximum Gasteiger partial charge on any atom is 0.410 e. The van der Waals surface area contributed by atoms with Crippen LogP contribution in [0.25, 0.3) is 11.3 Å². The van der Waals surface area contributed by atoms with Crippen LogP contribution in [0.15, 0.2) is 18.3 Å². The van der Waals surface area contributed by atoms with Crippen molar-refractivity contribution in [3.05, 3.63) is 29.8 Å². The third-order valence-electron chi connectivity index (χ3n) is 7.66. The zero-order chi connectivity index (χ0) is 27.9. The molecule has 2 aliphatic heterocycles. The molecule has 1 saturated carbocycles. The van der Waals surface area contributed by atoms with Gasteiger partial charge < -0.3 is 24.6 Å². The molecule has 0 aromatic carbocycles. The number of amides is 3. The zero-order valence-electron chi connectivity index (χ0n) is 22.8. The van der Waals surface area contributed by atoms with E-state index in [9.17, 15) is 18.8 Å². The maximum absolute atomic E-state index is 14.4. The molecule has 3 aliphatic rings. The van der Waals surface area contributed by atoms with E-state index in [0.717, 1.165) is 19.0 Å². The average Bonchev–Trinajstić information content (AvgIpc) is 3.28. The molecule has 2 atom stereocenters. The Morgan fingerprint density at radius 2 is 1.95 bits per heavy atom. The van der Waals surface area contributed by atoms with E-state index in [1.165, 1.54) is 19.2 Å². The fourth-order valence-electron chi connectivity index (χ4n) is 5.49. The van der Waals surface area contributed by atoms with Crippen molar-refractivity contribution in [2.75, 3.05) is 26.7 Å². The minimum atomic E-state index is -0.567. The van der Waals surface area contributed by atoms with E-state index in [0.29, 0.717) is 44.6 Å². The van der Waals surface area contributed by atoms with Crippen molar-refractivity contribution in [3.8, 4) is 17.1 Å². The molecule has 2 aromatic rings. The van der Waals surface area contributed by atoms with Crippen molar-refractivity contribution in [2.24, 2.45) is 5.92 Å². The van der Waals surface area contributed by atoms with Crippen molar-refractivity contribution < 1.29 is 28.2 Å². The summed E-state index contributed by atoms with van der Waals surface area (Å²) in [6.45, 7) is 6.88. The van der Waals surface area contributed by atoms with E-state index < -0.39 is 11.4 Å². The van der Waals surface area contributed by atoms with E-state index in [1.807, 2.05) is 25.7 Å². The molecule has 1 aliphatic carbocycles. The third-order valence-corrected chi connectivity index (χ3v) is 7.66. The SMILES string of the molecule is COc1cc(-c2cc(C(=O)N3CC[C@H](C(=O)NC4CCN(C(=O)OC(C)(C)C)C4)CC34CC4)n[nH]2)c(F)cn1. The summed E-state index contributed by atoms with van der Waals surface area (Å²) in [5, 5.41) is 10.0. The predicted octanol–water partition coefficient (Wildman–Crippen LogP) is 3.13. The van der Waals surface area contributed by atoms with Gasteiger partial charge in [-0.05, 0) is 58.9 Å². The number of halogens is 1. The molecule has 210 valence electrons. The van der Waals surface area contributed by atoms with Crippen LogP contribution in [0.2, 0.25) is 0 Å². The molecule has 11 nitrogen and oxygen atoms in total. The quantitative estimate of drug-likeness (QED) is 0.594. The monoisotopic (exact) mass is 542 g/mol. The number of ether oxygens (including phenoxy) is 2. The molecule has 2 N–H and O–H groups in total. The van der Waals surface area contributed by atoms with Gasteiger partial charge >= 0.3 is 6.09 Å². The smallest absolute Gasteiger partial charge is 0.410 e. The lowest BCUT2D eigenvalue weighted by atomic mass is 9.87. The second kappa shape index (κ2) is 10.1. The largest absolute Gasteiger partial charge is 0.481 e. The van der Waals surface area contributed by atoms with Crippen LogP contribution in [-0.2, 0) is 9.53 Å². The molecule has 2 aromatic heterocycles. The first-order chi connectivity index (χ1) is 18.5. The average molecular weight is 543 g/mol. The van der Waals surface area contributed by atoms with Gasteiger partial charge in [0.25, 0.3) is 5.91 Å². The minimum Gasteiger partial charge on any atom is -0.481 e. The fourth-order valence-corrected chi connectivity index (χ4v) is 5.49. The number of likely N-dealkylation sites (tertiary alicyclic amines) is 2. The summed E-state index contributed by atoms with van der Waals surface area (Å²) in [6.07, 6.45) is 4.15. The van der Waals surface area contributed by atoms with Crippen LogP contribution in [0.4, 0.5) is 9.18 Å². The molecule has 0 radical (unpaired) electrons. The van der Waals surface area contributed by atoms with Crippen molar-refractivity contribution in [1.29, 1.82) is 0 Å². The Bertz CT molecular complexity index is 1270. The third kappa shape index (κ3) is 5.69. The summed E-state index contributed by atoms with van der Waals surface area (Å²) >= 11 is 0. The molecule has 2 saturated heterocycles. The van der Waals surface area contributed by atoms with Gasteiger partial charge in [-0.2, -0.15) is 5.10 Å². The number of carbonyl (C=O) groups excluding carboxylic acids is 3. The minimum absolute atomic E-state index is 0.0337. The number of H-pyrrole nitrogens is 1. The Kier molecular flexibility index (Phi) is 6.98. The second-order valence-electron chi connectivity index (χ2n) is 11.7. The summed E-state index contributed by atoms with van der Waals surface area (Å²) in [6, 6.07) is 2.86. The van der Waals surface area contributed by atoms with Crippen molar-refractivity contribution in [3.63, 3.8) is 0 Å². The number of aromatic nitrogens is 3. The number of hydrogen-bond acceptors (Lipinski definition) is 7. The van der Waals surface area contributed by atoms with Gasteiger partial charge in [0.1, 0.15) is 5.60 Å². The summed E-state index contributed by atoms with van der Waals surface area (Å²) in [4.78, 5) is 46.2. The highest BCUT2D eigenvalue weighted by Gasteiger charge is 2.55. The molecule has 4 heterocycles. The van der Waals surface area contributed by atoms with E-state index in [4.69, 9.17) is 9.47 Å². The lowest BCUT2D eigenvalue weighted by Gasteiger charge is -2.39. The molecule has 1 spiro atoms. The second-order valence-corrected chi connectivity index (χ2v) is 11.7. The predicted molar refractivity (Wildman–Crippen MR) is 138 cm³/mol. The van der Waals surface area contributed by atoms with Gasteiger partial charge in [0.05, 0.1) is 19.0 Å². The van der Waals surface area contributed by atoms with Gasteiger partial charge in [-0.1, -0.05) is 0 Å². The van der Waals surface area contributed by atoms with E-state index in [1.54, 1.807) is 4.90 Å². The van der Waals surface area contributed by atoms with E-state index in [-0.39, 0.29) is 52.5 Å². The van der Waals surface area contributed by atoms with Gasteiger partial charge in [0, 0.05) is 48.8 Å². The van der Waals surface area contributed by atoms with E-state index >= 15 is 0 Å². The topological polar surface area (TPSA) is 130 Å². The number of aromatic amines is 1. The van der Waals surface area contributed by atoms with Crippen molar-refractivity contribution in [1.82, 2.24) is 30.3 Å². The van der Waals surface area contributed by atoms with Crippen LogP contribution in [-0.4, -0.2) is 86.8 Å². The van der Waals surface area contributed by atoms with Crippen molar-refractivity contribution in [2.45, 2.75) is 70.1 Å². The Balaban J connectivity index is 1.19. The van der Waals surface area contributed by atoms with Crippen LogP contribution in [0.5, 0.6) is 5.88 Å². The summed E-state index contributed by atoms with van der Waals surface area (Å²) in [5.74, 6) is -0.783. The van der Waals surface area contributed by atoms with Crippen molar-refractivity contribution >= 4 is 17.9 Å².